The molecule has 4 aromatic rings. The zero-order chi connectivity index (χ0) is 30.1. The molecule has 0 saturated carbocycles. The van der Waals surface area contributed by atoms with Crippen molar-refractivity contribution in [2.45, 2.75) is 24.9 Å². The van der Waals surface area contributed by atoms with E-state index in [0.717, 1.165) is 24.8 Å². The molecule has 2 aliphatic heterocycles. The molecule has 43 heavy (non-hydrogen) atoms. The number of anilines is 1. The summed E-state index contributed by atoms with van der Waals surface area (Å²) in [5.41, 5.74) is 0.573. The first-order valence-electron chi connectivity index (χ1n) is 14.1. The molecule has 10 nitrogen and oxygen atoms in total. The van der Waals surface area contributed by atoms with Gasteiger partial charge in [0.15, 0.2) is 5.82 Å². The number of fused-ring (bicyclic) bond motifs is 2. The Bertz CT molecular complexity index is 1760. The van der Waals surface area contributed by atoms with Crippen LogP contribution in [-0.4, -0.2) is 94.1 Å². The van der Waals surface area contributed by atoms with Crippen molar-refractivity contribution in [1.29, 1.82) is 0 Å². The Morgan fingerprint density at radius 2 is 2.09 bits per heavy atom. The number of rotatable bonds is 7. The molecule has 3 aromatic heterocycles. The molecule has 0 N–H and O–H groups in total. The lowest BCUT2D eigenvalue weighted by Crippen LogP contribution is -2.56. The van der Waals surface area contributed by atoms with Gasteiger partial charge < -0.3 is 24.3 Å². The van der Waals surface area contributed by atoms with Crippen molar-refractivity contribution in [1.82, 2.24) is 29.7 Å². The van der Waals surface area contributed by atoms with Gasteiger partial charge in [-0.15, -0.1) is 0 Å². The van der Waals surface area contributed by atoms with Crippen LogP contribution in [-0.2, 0) is 4.79 Å². The SMILES string of the molecule is [C-]#[N+]C[C@H]1CN(c2nc(OC[C@@H]3CCCN3C)nc3c(F)c(-c4cncc5cccc(Cl)c45)ncc23)CCN1C(=O)C=C. The van der Waals surface area contributed by atoms with Crippen LogP contribution in [0.5, 0.6) is 6.01 Å². The van der Waals surface area contributed by atoms with Gasteiger partial charge in [-0.05, 0) is 38.6 Å². The van der Waals surface area contributed by atoms with Gasteiger partial charge in [-0.2, -0.15) is 9.97 Å². The monoisotopic (exact) mass is 600 g/mol. The van der Waals surface area contributed by atoms with Crippen molar-refractivity contribution < 1.29 is 13.9 Å². The van der Waals surface area contributed by atoms with Gasteiger partial charge in [-0.3, -0.25) is 14.8 Å². The summed E-state index contributed by atoms with van der Waals surface area (Å²) in [4.78, 5) is 40.0. The molecule has 0 spiro atoms. The van der Waals surface area contributed by atoms with Crippen LogP contribution < -0.4 is 9.64 Å². The lowest BCUT2D eigenvalue weighted by molar-refractivity contribution is -0.128. The normalized spacial score (nSPS) is 19.1. The maximum Gasteiger partial charge on any atom is 0.319 e. The lowest BCUT2D eigenvalue weighted by atomic mass is 10.0. The third kappa shape index (κ3) is 5.44. The van der Waals surface area contributed by atoms with Crippen molar-refractivity contribution in [2.75, 3.05) is 51.3 Å². The largest absolute Gasteiger partial charge is 0.462 e. The Labute approximate surface area is 253 Å². The van der Waals surface area contributed by atoms with Crippen LogP contribution in [0.25, 0.3) is 37.8 Å². The van der Waals surface area contributed by atoms with Gasteiger partial charge >= 0.3 is 6.01 Å². The molecule has 12 heteroatoms. The van der Waals surface area contributed by atoms with Crippen molar-refractivity contribution in [3.05, 3.63) is 71.7 Å². The van der Waals surface area contributed by atoms with E-state index in [-0.39, 0.29) is 41.8 Å². The predicted octanol–water partition coefficient (Wildman–Crippen LogP) is 4.63. The number of likely N-dealkylation sites (tertiary alicyclic amines) is 1. The topological polar surface area (TPSA) is 91.9 Å². The van der Waals surface area contributed by atoms with Crippen LogP contribution in [0.1, 0.15) is 12.8 Å². The van der Waals surface area contributed by atoms with Gasteiger partial charge in [0.05, 0.1) is 5.39 Å². The molecule has 1 amide bonds. The first-order chi connectivity index (χ1) is 20.9. The summed E-state index contributed by atoms with van der Waals surface area (Å²) >= 11 is 6.54. The highest BCUT2D eigenvalue weighted by Gasteiger charge is 2.34. The number of aromatic nitrogens is 4. The quantitative estimate of drug-likeness (QED) is 0.224. The van der Waals surface area contributed by atoms with Crippen LogP contribution in [0.3, 0.4) is 0 Å². The number of halogens is 2. The number of ether oxygens (including phenoxy) is 1. The number of piperazine rings is 1. The molecular weight excluding hydrogens is 571 g/mol. The van der Waals surface area contributed by atoms with Crippen molar-refractivity contribution in [2.24, 2.45) is 0 Å². The van der Waals surface area contributed by atoms with E-state index in [0.29, 0.717) is 53.4 Å². The number of benzene rings is 1. The van der Waals surface area contributed by atoms with E-state index in [1.54, 1.807) is 29.6 Å². The summed E-state index contributed by atoms with van der Waals surface area (Å²) in [6, 6.07) is 5.29. The lowest BCUT2D eigenvalue weighted by Gasteiger charge is -2.39. The molecule has 5 heterocycles. The van der Waals surface area contributed by atoms with Crippen molar-refractivity contribution >= 4 is 45.0 Å². The summed E-state index contributed by atoms with van der Waals surface area (Å²) in [5, 5.41) is 2.26. The van der Waals surface area contributed by atoms with Gasteiger partial charge in [0.1, 0.15) is 29.7 Å². The van der Waals surface area contributed by atoms with E-state index < -0.39 is 5.82 Å². The number of likely N-dealkylation sites (N-methyl/N-ethyl adjacent to an activating group) is 1. The molecule has 2 fully saturated rings. The highest BCUT2D eigenvalue weighted by atomic mass is 35.5. The number of carbonyl (C=O) groups is 1. The smallest absolute Gasteiger partial charge is 0.319 e. The first kappa shape index (κ1) is 28.7. The minimum absolute atomic E-state index is 0.0549. The van der Waals surface area contributed by atoms with Crippen LogP contribution in [0.4, 0.5) is 10.2 Å². The average Bonchev–Trinajstić information content (AvgIpc) is 3.44. The molecule has 6 rings (SSSR count). The van der Waals surface area contributed by atoms with E-state index in [9.17, 15) is 4.79 Å². The molecule has 2 aliphatic rings. The first-order valence-corrected chi connectivity index (χ1v) is 14.5. The standard InChI is InChI=1S/C31H30ClFN8O2/c1-4-25(42)41-12-11-40(17-21(41)14-34-2)30-23-16-36-28(22-15-35-13-19-7-5-9-24(32)26(19)22)27(33)29(23)37-31(38-30)43-18-20-8-6-10-39(20)3/h4-5,7,9,13,15-16,20-21H,1,6,8,10-12,14,17-18H2,3H3/t20-,21-/m0/s1. The summed E-state index contributed by atoms with van der Waals surface area (Å²) in [6.07, 6.45) is 8.10. The predicted molar refractivity (Wildman–Crippen MR) is 164 cm³/mol. The van der Waals surface area contributed by atoms with E-state index in [1.807, 2.05) is 17.0 Å². The molecule has 2 atom stereocenters. The van der Waals surface area contributed by atoms with E-state index >= 15 is 4.39 Å². The van der Waals surface area contributed by atoms with Gasteiger partial charge in [0, 0.05) is 65.6 Å². The van der Waals surface area contributed by atoms with Crippen LogP contribution in [0, 0.1) is 12.4 Å². The highest BCUT2D eigenvalue weighted by Crippen LogP contribution is 2.37. The molecular formula is C31H30ClFN8O2. The molecule has 0 aliphatic carbocycles. The number of carbonyl (C=O) groups excluding carboxylic acids is 1. The number of amides is 1. The fourth-order valence-electron chi connectivity index (χ4n) is 5.96. The van der Waals surface area contributed by atoms with Crippen molar-refractivity contribution in [3.63, 3.8) is 0 Å². The molecule has 0 radical (unpaired) electrons. The maximum absolute atomic E-state index is 16.5. The third-order valence-electron chi connectivity index (χ3n) is 8.25. The number of pyridine rings is 2. The van der Waals surface area contributed by atoms with Crippen LogP contribution in [0.15, 0.2) is 49.4 Å². The van der Waals surface area contributed by atoms with Crippen molar-refractivity contribution in [3.8, 4) is 17.3 Å². The third-order valence-corrected chi connectivity index (χ3v) is 8.56. The Morgan fingerprint density at radius 1 is 1.23 bits per heavy atom. The molecule has 220 valence electrons. The molecule has 1 aromatic carbocycles. The maximum atomic E-state index is 16.5. The second kappa shape index (κ2) is 12.1. The Morgan fingerprint density at radius 3 is 2.86 bits per heavy atom. The fraction of sp³-hybridized carbons (Fsp3) is 0.355. The second-order valence-electron chi connectivity index (χ2n) is 10.8. The minimum atomic E-state index is -0.642. The molecule has 2 saturated heterocycles. The Hall–Kier alpha value is -4.40. The zero-order valence-electron chi connectivity index (χ0n) is 23.7. The summed E-state index contributed by atoms with van der Waals surface area (Å²) in [5.74, 6) is -0.436. The van der Waals surface area contributed by atoms with Gasteiger partial charge in [-0.1, -0.05) is 30.3 Å². The second-order valence-corrected chi connectivity index (χ2v) is 11.2. The Balaban J connectivity index is 1.46. The average molecular weight is 601 g/mol. The highest BCUT2D eigenvalue weighted by molar-refractivity contribution is 6.36. The van der Waals surface area contributed by atoms with Crippen LogP contribution in [0.2, 0.25) is 5.02 Å². The van der Waals surface area contributed by atoms with E-state index in [1.165, 1.54) is 6.08 Å². The Kier molecular flexibility index (Phi) is 8.06. The molecule has 0 unspecified atom stereocenters. The van der Waals surface area contributed by atoms with Gasteiger partial charge in [0.2, 0.25) is 12.5 Å². The fourth-order valence-corrected chi connectivity index (χ4v) is 6.24. The van der Waals surface area contributed by atoms with Gasteiger partial charge in [-0.25, -0.2) is 11.0 Å². The van der Waals surface area contributed by atoms with E-state index in [4.69, 9.17) is 27.9 Å². The zero-order valence-corrected chi connectivity index (χ0v) is 24.5. The summed E-state index contributed by atoms with van der Waals surface area (Å²) < 4.78 is 22.6. The van der Waals surface area contributed by atoms with Crippen LogP contribution >= 0.6 is 11.6 Å². The van der Waals surface area contributed by atoms with Gasteiger partial charge in [0.25, 0.3) is 0 Å². The molecule has 0 bridgehead atoms. The number of hydrogen-bond donors (Lipinski definition) is 0. The summed E-state index contributed by atoms with van der Waals surface area (Å²) in [6.45, 7) is 13.6. The van der Waals surface area contributed by atoms with E-state index in [2.05, 4.69) is 38.3 Å². The number of hydrogen-bond acceptors (Lipinski definition) is 8. The number of nitrogens with zero attached hydrogens (tertiary/aromatic N) is 8. The minimum Gasteiger partial charge on any atom is -0.462 e. The summed E-state index contributed by atoms with van der Waals surface area (Å²) in [7, 11) is 2.05.